The van der Waals surface area contributed by atoms with Crippen molar-refractivity contribution in [3.8, 4) is 0 Å². The van der Waals surface area contributed by atoms with Crippen LogP contribution in [0, 0.1) is 0 Å². The zero-order valence-corrected chi connectivity index (χ0v) is 14.6. The van der Waals surface area contributed by atoms with Crippen molar-refractivity contribution >= 4 is 12.1 Å². The van der Waals surface area contributed by atoms with Crippen molar-refractivity contribution in [2.75, 3.05) is 32.8 Å². The molecule has 1 fully saturated rings. The molecule has 9 N–H and O–H groups in total. The maximum Gasteiger partial charge on any atom is 0.312 e. The van der Waals surface area contributed by atoms with Crippen LogP contribution in [0.1, 0.15) is 33.6 Å². The van der Waals surface area contributed by atoms with Gasteiger partial charge in [0, 0.05) is 31.7 Å². The number of amides is 4. The van der Waals surface area contributed by atoms with E-state index in [-0.39, 0.29) is 18.2 Å². The number of rotatable bonds is 6. The van der Waals surface area contributed by atoms with E-state index >= 15 is 0 Å². The Kier molecular flexibility index (Phi) is 14.5. The van der Waals surface area contributed by atoms with Gasteiger partial charge in [-0.05, 0) is 19.8 Å². The number of ether oxygens (including phenoxy) is 1. The number of primary amides is 2. The fourth-order valence-corrected chi connectivity index (χ4v) is 1.92. The third kappa shape index (κ3) is 13.8. The molecule has 0 aromatic rings. The molecule has 0 aromatic heterocycles. The second-order valence-corrected chi connectivity index (χ2v) is 5.34. The fraction of sp³-hybridized carbons (Fsp3) is 0.857. The van der Waals surface area contributed by atoms with E-state index in [1.807, 2.05) is 20.8 Å². The van der Waals surface area contributed by atoms with E-state index in [4.69, 9.17) is 16.2 Å². The van der Waals surface area contributed by atoms with Crippen molar-refractivity contribution in [2.24, 2.45) is 11.5 Å². The zero-order chi connectivity index (χ0) is 17.0. The van der Waals surface area contributed by atoms with Crippen LogP contribution in [0.2, 0.25) is 0 Å². The molecule has 0 aromatic carbocycles. The molecule has 2 atom stereocenters. The highest BCUT2D eigenvalue weighted by Crippen LogP contribution is 2.00. The number of hydrogen-bond acceptors (Lipinski definition) is 5. The largest absolute Gasteiger partial charge is 0.379 e. The Morgan fingerprint density at radius 1 is 1.09 bits per heavy atom. The molecule has 4 amide bonds. The number of hydrogen-bond donors (Lipinski definition) is 5. The van der Waals surface area contributed by atoms with Gasteiger partial charge in [0.25, 0.3) is 0 Å². The lowest BCUT2D eigenvalue weighted by Gasteiger charge is -2.30. The first-order valence-electron chi connectivity index (χ1n) is 7.81. The molecule has 0 bridgehead atoms. The SMILES string of the molecule is CCC(C)NC(N)=O.CCC(CN1CCOCC1)NC(N)=O.N. The minimum Gasteiger partial charge on any atom is -0.379 e. The second kappa shape index (κ2) is 14.0. The number of nitrogens with two attached hydrogens (primary N) is 2. The highest BCUT2D eigenvalue weighted by atomic mass is 16.5. The van der Waals surface area contributed by atoms with E-state index in [0.717, 1.165) is 45.7 Å². The molecule has 138 valence electrons. The average Bonchev–Trinajstić information content (AvgIpc) is 2.47. The van der Waals surface area contributed by atoms with Crippen molar-refractivity contribution < 1.29 is 14.3 Å². The first kappa shape index (κ1) is 23.7. The van der Waals surface area contributed by atoms with Crippen LogP contribution in [-0.4, -0.2) is 61.9 Å². The quantitative estimate of drug-likeness (QED) is 0.474. The van der Waals surface area contributed by atoms with Gasteiger partial charge in [0.1, 0.15) is 0 Å². The van der Waals surface area contributed by atoms with E-state index in [0.29, 0.717) is 0 Å². The van der Waals surface area contributed by atoms with Crippen LogP contribution in [0.3, 0.4) is 0 Å². The van der Waals surface area contributed by atoms with Crippen LogP contribution in [-0.2, 0) is 4.74 Å². The normalized spacial score (nSPS) is 16.8. The van der Waals surface area contributed by atoms with Gasteiger partial charge in [-0.1, -0.05) is 13.8 Å². The molecule has 23 heavy (non-hydrogen) atoms. The van der Waals surface area contributed by atoms with E-state index in [1.54, 1.807) is 0 Å². The standard InChI is InChI=1S/C9H19N3O2.C5H12N2O.H3N/c1-2-8(11-9(10)13)7-12-3-5-14-6-4-12;1-3-4(2)7-5(6)8;/h8H,2-7H2,1H3,(H3,10,11,13);4H,3H2,1-2H3,(H3,6,7,8);1H3. The van der Waals surface area contributed by atoms with Gasteiger partial charge in [-0.2, -0.15) is 0 Å². The molecule has 9 nitrogen and oxygen atoms in total. The Balaban J connectivity index is 0. The predicted octanol–water partition coefficient (Wildman–Crippen LogP) is 0.381. The van der Waals surface area contributed by atoms with Crippen molar-refractivity contribution in [3.05, 3.63) is 0 Å². The molecule has 1 saturated heterocycles. The second-order valence-electron chi connectivity index (χ2n) is 5.34. The topological polar surface area (TPSA) is 158 Å². The third-order valence-corrected chi connectivity index (χ3v) is 3.42. The van der Waals surface area contributed by atoms with E-state index in [1.165, 1.54) is 0 Å². The minimum atomic E-state index is -0.445. The summed E-state index contributed by atoms with van der Waals surface area (Å²) >= 11 is 0. The molecular weight excluding hydrogens is 300 g/mol. The van der Waals surface area contributed by atoms with Crippen molar-refractivity contribution in [1.29, 1.82) is 0 Å². The summed E-state index contributed by atoms with van der Waals surface area (Å²) in [6.07, 6.45) is 1.82. The molecule has 0 aliphatic carbocycles. The first-order chi connectivity index (χ1) is 10.4. The molecule has 1 heterocycles. The number of nitrogens with one attached hydrogen (secondary N) is 2. The van der Waals surface area contributed by atoms with Crippen LogP contribution in [0.4, 0.5) is 9.59 Å². The molecular formula is C14H34N6O3. The minimum absolute atomic E-state index is 0. The Hall–Kier alpha value is -1.58. The Morgan fingerprint density at radius 3 is 1.96 bits per heavy atom. The monoisotopic (exact) mass is 334 g/mol. The molecule has 0 radical (unpaired) electrons. The van der Waals surface area contributed by atoms with E-state index in [9.17, 15) is 9.59 Å². The molecule has 9 heteroatoms. The van der Waals surface area contributed by atoms with Crippen LogP contribution in [0.15, 0.2) is 0 Å². The van der Waals surface area contributed by atoms with Crippen LogP contribution >= 0.6 is 0 Å². The summed E-state index contributed by atoms with van der Waals surface area (Å²) in [6.45, 7) is 10.3. The van der Waals surface area contributed by atoms with Crippen molar-refractivity contribution in [2.45, 2.75) is 45.7 Å². The van der Waals surface area contributed by atoms with Gasteiger partial charge in [-0.25, -0.2) is 9.59 Å². The highest BCUT2D eigenvalue weighted by Gasteiger charge is 2.15. The number of morpholine rings is 1. The molecule has 1 aliphatic rings. The van der Waals surface area contributed by atoms with Gasteiger partial charge in [0.15, 0.2) is 0 Å². The lowest BCUT2D eigenvalue weighted by atomic mass is 10.2. The number of nitrogens with zero attached hydrogens (tertiary/aromatic N) is 1. The van der Waals surface area contributed by atoms with Gasteiger partial charge in [0.05, 0.1) is 13.2 Å². The molecule has 1 aliphatic heterocycles. The summed E-state index contributed by atoms with van der Waals surface area (Å²) in [5, 5.41) is 5.26. The van der Waals surface area contributed by atoms with Gasteiger partial charge in [0.2, 0.25) is 0 Å². The number of carbonyl (C=O) groups excluding carboxylic acids is 2. The summed E-state index contributed by atoms with van der Waals surface area (Å²) in [6, 6.07) is -0.525. The fourth-order valence-electron chi connectivity index (χ4n) is 1.92. The van der Waals surface area contributed by atoms with Crippen molar-refractivity contribution in [3.63, 3.8) is 0 Å². The summed E-state index contributed by atoms with van der Waals surface area (Å²) in [7, 11) is 0. The van der Waals surface area contributed by atoms with Gasteiger partial charge >= 0.3 is 12.1 Å². The van der Waals surface area contributed by atoms with Crippen LogP contribution in [0.5, 0.6) is 0 Å². The highest BCUT2D eigenvalue weighted by molar-refractivity contribution is 5.72. The van der Waals surface area contributed by atoms with Gasteiger partial charge in [-0.3, -0.25) is 4.90 Å². The average molecular weight is 334 g/mol. The van der Waals surface area contributed by atoms with Crippen molar-refractivity contribution in [1.82, 2.24) is 21.7 Å². The Morgan fingerprint density at radius 2 is 1.61 bits per heavy atom. The van der Waals surface area contributed by atoms with E-state index in [2.05, 4.69) is 15.5 Å². The predicted molar refractivity (Wildman–Crippen MR) is 91.6 cm³/mol. The first-order valence-corrected chi connectivity index (χ1v) is 7.81. The lowest BCUT2D eigenvalue weighted by molar-refractivity contribution is 0.0339. The molecule has 0 saturated carbocycles. The van der Waals surface area contributed by atoms with Crippen LogP contribution in [0.25, 0.3) is 0 Å². The molecule has 0 spiro atoms. The summed E-state index contributed by atoms with van der Waals surface area (Å²) in [4.78, 5) is 23.0. The lowest BCUT2D eigenvalue weighted by Crippen LogP contribution is -2.48. The Bertz CT molecular complexity index is 324. The van der Waals surface area contributed by atoms with Gasteiger partial charge in [-0.15, -0.1) is 0 Å². The summed E-state index contributed by atoms with van der Waals surface area (Å²) < 4.78 is 5.24. The maximum atomic E-state index is 10.7. The van der Waals surface area contributed by atoms with Gasteiger partial charge < -0.3 is 33.0 Å². The third-order valence-electron chi connectivity index (χ3n) is 3.42. The Labute approximate surface area is 139 Å². The smallest absolute Gasteiger partial charge is 0.312 e. The number of urea groups is 2. The maximum absolute atomic E-state index is 10.7. The summed E-state index contributed by atoms with van der Waals surface area (Å²) in [5.74, 6) is 0. The molecule has 2 unspecified atom stereocenters. The summed E-state index contributed by atoms with van der Waals surface area (Å²) in [5.41, 5.74) is 9.90. The van der Waals surface area contributed by atoms with E-state index < -0.39 is 12.1 Å². The van der Waals surface area contributed by atoms with Crippen LogP contribution < -0.4 is 28.3 Å². The number of carbonyl (C=O) groups is 2. The molecule has 1 rings (SSSR count). The zero-order valence-electron chi connectivity index (χ0n) is 14.6.